The molecule has 0 atom stereocenters. The van der Waals surface area contributed by atoms with Crippen molar-refractivity contribution in [2.75, 3.05) is 18.5 Å². The van der Waals surface area contributed by atoms with Crippen molar-refractivity contribution in [3.05, 3.63) is 35.8 Å². The molecule has 0 saturated heterocycles. The van der Waals surface area contributed by atoms with Gasteiger partial charge in [-0.2, -0.15) is 0 Å². The molecular formula is C16H20N2O3S. The number of anilines is 1. The summed E-state index contributed by atoms with van der Waals surface area (Å²) in [5.41, 5.74) is 0. The number of unbranched alkanes of at least 4 members (excludes halogenated alkanes) is 2. The molecule has 1 aromatic heterocycles. The zero-order valence-electron chi connectivity index (χ0n) is 12.6. The number of nitrogens with one attached hydrogen (secondary N) is 1. The molecule has 0 saturated carbocycles. The first-order valence-electron chi connectivity index (χ1n) is 7.33. The second kappa shape index (κ2) is 9.04. The van der Waals surface area contributed by atoms with Gasteiger partial charge >= 0.3 is 0 Å². The highest BCUT2D eigenvalue weighted by molar-refractivity contribution is 7.13. The predicted molar refractivity (Wildman–Crippen MR) is 87.7 cm³/mol. The SMILES string of the molecule is CCCCCOc1ccc(OCC(=O)Nc2nccs2)cc1. The van der Waals surface area contributed by atoms with Crippen molar-refractivity contribution in [3.63, 3.8) is 0 Å². The zero-order chi connectivity index (χ0) is 15.6. The van der Waals surface area contributed by atoms with E-state index in [0.717, 1.165) is 18.8 Å². The quantitative estimate of drug-likeness (QED) is 0.715. The van der Waals surface area contributed by atoms with Crippen molar-refractivity contribution in [2.24, 2.45) is 0 Å². The fraction of sp³-hybridized carbons (Fsp3) is 0.375. The van der Waals surface area contributed by atoms with Crippen LogP contribution in [-0.4, -0.2) is 24.1 Å². The lowest BCUT2D eigenvalue weighted by Gasteiger charge is -2.08. The van der Waals surface area contributed by atoms with Gasteiger partial charge in [0.2, 0.25) is 0 Å². The van der Waals surface area contributed by atoms with E-state index in [2.05, 4.69) is 17.2 Å². The normalized spacial score (nSPS) is 10.2. The molecule has 1 heterocycles. The van der Waals surface area contributed by atoms with Crippen molar-refractivity contribution in [1.29, 1.82) is 0 Å². The third-order valence-electron chi connectivity index (χ3n) is 2.89. The molecule has 1 aromatic carbocycles. The first-order chi connectivity index (χ1) is 10.8. The number of rotatable bonds is 9. The molecule has 0 aliphatic carbocycles. The number of ether oxygens (including phenoxy) is 2. The topological polar surface area (TPSA) is 60.5 Å². The molecular weight excluding hydrogens is 300 g/mol. The molecule has 1 amide bonds. The molecule has 0 fully saturated rings. The Balaban J connectivity index is 1.70. The van der Waals surface area contributed by atoms with Gasteiger partial charge in [-0.25, -0.2) is 4.98 Å². The maximum Gasteiger partial charge on any atom is 0.264 e. The van der Waals surface area contributed by atoms with E-state index in [1.807, 2.05) is 12.1 Å². The predicted octanol–water partition coefficient (Wildman–Crippen LogP) is 3.73. The average Bonchev–Trinajstić information content (AvgIpc) is 3.03. The van der Waals surface area contributed by atoms with Crippen LogP contribution in [0.2, 0.25) is 0 Å². The van der Waals surface area contributed by atoms with E-state index < -0.39 is 0 Å². The monoisotopic (exact) mass is 320 g/mol. The van der Waals surface area contributed by atoms with Crippen LogP contribution in [-0.2, 0) is 4.79 Å². The van der Waals surface area contributed by atoms with E-state index >= 15 is 0 Å². The first kappa shape index (κ1) is 16.3. The Hall–Kier alpha value is -2.08. The lowest BCUT2D eigenvalue weighted by atomic mass is 10.3. The number of hydrogen-bond donors (Lipinski definition) is 1. The van der Waals surface area contributed by atoms with Gasteiger partial charge in [-0.05, 0) is 30.7 Å². The number of benzene rings is 1. The first-order valence-corrected chi connectivity index (χ1v) is 8.21. The second-order valence-electron chi connectivity index (χ2n) is 4.70. The molecule has 0 bridgehead atoms. The Morgan fingerprint density at radius 2 is 1.91 bits per heavy atom. The van der Waals surface area contributed by atoms with Gasteiger partial charge in [0.1, 0.15) is 11.5 Å². The van der Waals surface area contributed by atoms with E-state index in [9.17, 15) is 4.79 Å². The molecule has 0 unspecified atom stereocenters. The number of thiazole rings is 1. The minimum absolute atomic E-state index is 0.0454. The van der Waals surface area contributed by atoms with E-state index in [1.54, 1.807) is 23.7 Å². The van der Waals surface area contributed by atoms with Crippen molar-refractivity contribution < 1.29 is 14.3 Å². The summed E-state index contributed by atoms with van der Waals surface area (Å²) in [6, 6.07) is 7.29. The van der Waals surface area contributed by atoms with E-state index in [1.165, 1.54) is 24.2 Å². The Bertz CT molecular complexity index is 555. The van der Waals surface area contributed by atoms with E-state index in [4.69, 9.17) is 9.47 Å². The van der Waals surface area contributed by atoms with E-state index in [-0.39, 0.29) is 12.5 Å². The minimum Gasteiger partial charge on any atom is -0.494 e. The number of carbonyl (C=O) groups excluding carboxylic acids is 1. The number of carbonyl (C=O) groups is 1. The smallest absolute Gasteiger partial charge is 0.264 e. The fourth-order valence-electron chi connectivity index (χ4n) is 1.76. The van der Waals surface area contributed by atoms with Crippen LogP contribution in [0.3, 0.4) is 0 Å². The van der Waals surface area contributed by atoms with Gasteiger partial charge in [0.25, 0.3) is 5.91 Å². The molecule has 2 rings (SSSR count). The van der Waals surface area contributed by atoms with Gasteiger partial charge in [-0.3, -0.25) is 10.1 Å². The van der Waals surface area contributed by atoms with Crippen LogP contribution in [0.25, 0.3) is 0 Å². The van der Waals surface area contributed by atoms with Crippen molar-refractivity contribution >= 4 is 22.4 Å². The van der Waals surface area contributed by atoms with Crippen molar-refractivity contribution in [3.8, 4) is 11.5 Å². The van der Waals surface area contributed by atoms with Gasteiger partial charge in [-0.15, -0.1) is 11.3 Å². The summed E-state index contributed by atoms with van der Waals surface area (Å²) in [5, 5.41) is 5.04. The summed E-state index contributed by atoms with van der Waals surface area (Å²) in [6.45, 7) is 2.84. The maximum absolute atomic E-state index is 11.7. The Kier molecular flexibility index (Phi) is 6.70. The molecule has 0 radical (unpaired) electrons. The summed E-state index contributed by atoms with van der Waals surface area (Å²) in [7, 11) is 0. The summed E-state index contributed by atoms with van der Waals surface area (Å²) in [6.07, 6.45) is 5.06. The van der Waals surface area contributed by atoms with Crippen LogP contribution in [0.4, 0.5) is 5.13 Å². The molecule has 0 spiro atoms. The van der Waals surface area contributed by atoms with Crippen LogP contribution < -0.4 is 14.8 Å². The molecule has 6 heteroatoms. The van der Waals surface area contributed by atoms with Crippen LogP contribution >= 0.6 is 11.3 Å². The van der Waals surface area contributed by atoms with E-state index in [0.29, 0.717) is 10.9 Å². The highest BCUT2D eigenvalue weighted by Gasteiger charge is 2.05. The van der Waals surface area contributed by atoms with Crippen LogP contribution in [0.1, 0.15) is 26.2 Å². The molecule has 22 heavy (non-hydrogen) atoms. The number of amides is 1. The summed E-state index contributed by atoms with van der Waals surface area (Å²) >= 11 is 1.37. The van der Waals surface area contributed by atoms with Gasteiger partial charge in [0.05, 0.1) is 6.61 Å². The Morgan fingerprint density at radius 3 is 2.55 bits per heavy atom. The van der Waals surface area contributed by atoms with Gasteiger partial charge < -0.3 is 9.47 Å². The highest BCUT2D eigenvalue weighted by Crippen LogP contribution is 2.18. The summed E-state index contributed by atoms with van der Waals surface area (Å²) in [5.74, 6) is 1.22. The Morgan fingerprint density at radius 1 is 1.18 bits per heavy atom. The molecule has 1 N–H and O–H groups in total. The van der Waals surface area contributed by atoms with Gasteiger partial charge in [0, 0.05) is 11.6 Å². The minimum atomic E-state index is -0.227. The molecule has 0 aliphatic heterocycles. The molecule has 2 aromatic rings. The fourth-order valence-corrected chi connectivity index (χ4v) is 2.31. The standard InChI is InChI=1S/C16H20N2O3S/c1-2-3-4-10-20-13-5-7-14(8-6-13)21-12-15(19)18-16-17-9-11-22-16/h5-9,11H,2-4,10,12H2,1H3,(H,17,18,19). The lowest BCUT2D eigenvalue weighted by molar-refractivity contribution is -0.118. The zero-order valence-corrected chi connectivity index (χ0v) is 13.4. The Labute approximate surface area is 134 Å². The van der Waals surface area contributed by atoms with Gasteiger partial charge in [0.15, 0.2) is 11.7 Å². The van der Waals surface area contributed by atoms with Crippen LogP contribution in [0.15, 0.2) is 35.8 Å². The molecule has 118 valence electrons. The summed E-state index contributed by atoms with van der Waals surface area (Å²) in [4.78, 5) is 15.6. The largest absolute Gasteiger partial charge is 0.494 e. The molecule has 0 aliphatic rings. The summed E-state index contributed by atoms with van der Waals surface area (Å²) < 4.78 is 11.0. The highest BCUT2D eigenvalue weighted by atomic mass is 32.1. The van der Waals surface area contributed by atoms with Crippen molar-refractivity contribution in [1.82, 2.24) is 4.98 Å². The van der Waals surface area contributed by atoms with Crippen molar-refractivity contribution in [2.45, 2.75) is 26.2 Å². The second-order valence-corrected chi connectivity index (χ2v) is 5.60. The molecule has 5 nitrogen and oxygen atoms in total. The third kappa shape index (κ3) is 5.73. The van der Waals surface area contributed by atoms with Crippen LogP contribution in [0, 0.1) is 0 Å². The third-order valence-corrected chi connectivity index (χ3v) is 3.58. The van der Waals surface area contributed by atoms with Gasteiger partial charge in [-0.1, -0.05) is 19.8 Å². The number of hydrogen-bond acceptors (Lipinski definition) is 5. The maximum atomic E-state index is 11.7. The number of aromatic nitrogens is 1. The lowest BCUT2D eigenvalue weighted by Crippen LogP contribution is -2.19. The number of nitrogens with zero attached hydrogens (tertiary/aromatic N) is 1. The average molecular weight is 320 g/mol. The van der Waals surface area contributed by atoms with Crippen LogP contribution in [0.5, 0.6) is 11.5 Å².